The molecule has 0 aliphatic carbocycles. The smallest absolute Gasteiger partial charge is 0.147 e. The van der Waals surface area contributed by atoms with E-state index in [0.717, 1.165) is 28.3 Å². The molecule has 0 aromatic carbocycles. The number of anilines is 1. The summed E-state index contributed by atoms with van der Waals surface area (Å²) in [5.74, 6) is 1.88. The lowest BCUT2D eigenvalue weighted by Crippen LogP contribution is -2.12. The molecule has 0 radical (unpaired) electrons. The van der Waals surface area contributed by atoms with Crippen molar-refractivity contribution in [3.63, 3.8) is 0 Å². The number of hydrogen-bond donors (Lipinski definition) is 1. The third kappa shape index (κ3) is 2.09. The summed E-state index contributed by atoms with van der Waals surface area (Å²) in [4.78, 5) is 9.00. The van der Waals surface area contributed by atoms with Gasteiger partial charge in [0.2, 0.25) is 0 Å². The average Bonchev–Trinajstić information content (AvgIpc) is 2.64. The second kappa shape index (κ2) is 4.14. The zero-order chi connectivity index (χ0) is 10.8. The number of hydrogen-bond acceptors (Lipinski definition) is 4. The third-order valence-corrected chi connectivity index (χ3v) is 3.00. The number of fused-ring (bicyclic) bond motifs is 1. The molecule has 2 heterocycles. The van der Waals surface area contributed by atoms with Crippen LogP contribution in [0.1, 0.15) is 26.6 Å². The lowest BCUT2D eigenvalue weighted by Gasteiger charge is -2.10. The number of thiophene rings is 1. The molecule has 0 atom stereocenters. The highest BCUT2D eigenvalue weighted by atomic mass is 32.1. The predicted molar refractivity (Wildman–Crippen MR) is 65.6 cm³/mol. The molecule has 2 aromatic rings. The van der Waals surface area contributed by atoms with E-state index >= 15 is 0 Å². The summed E-state index contributed by atoms with van der Waals surface area (Å²) in [6, 6.07) is 2.45. The lowest BCUT2D eigenvalue weighted by atomic mass is 10.3. The number of nitrogens with one attached hydrogen (secondary N) is 1. The van der Waals surface area contributed by atoms with Crippen molar-refractivity contribution in [1.29, 1.82) is 0 Å². The Morgan fingerprint density at radius 3 is 2.87 bits per heavy atom. The summed E-state index contributed by atoms with van der Waals surface area (Å²) in [6.07, 6.45) is 0.874. The van der Waals surface area contributed by atoms with Crippen molar-refractivity contribution >= 4 is 27.4 Å². The van der Waals surface area contributed by atoms with E-state index in [1.165, 1.54) is 0 Å². The quantitative estimate of drug-likeness (QED) is 0.865. The molecule has 0 fully saturated rings. The van der Waals surface area contributed by atoms with Crippen molar-refractivity contribution in [3.05, 3.63) is 17.3 Å². The summed E-state index contributed by atoms with van der Waals surface area (Å²) in [7, 11) is 0. The fourth-order valence-electron chi connectivity index (χ4n) is 1.44. The average molecular weight is 221 g/mol. The molecule has 1 N–H and O–H groups in total. The van der Waals surface area contributed by atoms with Crippen molar-refractivity contribution in [1.82, 2.24) is 9.97 Å². The van der Waals surface area contributed by atoms with Crippen LogP contribution in [0.15, 0.2) is 11.4 Å². The van der Waals surface area contributed by atoms with Crippen LogP contribution in [-0.2, 0) is 6.42 Å². The number of rotatable bonds is 3. The fraction of sp³-hybridized carbons (Fsp3) is 0.455. The molecular weight excluding hydrogens is 206 g/mol. The Bertz CT molecular complexity index is 462. The molecule has 0 bridgehead atoms. The van der Waals surface area contributed by atoms with Gasteiger partial charge in [0.1, 0.15) is 11.6 Å². The van der Waals surface area contributed by atoms with Gasteiger partial charge in [-0.05, 0) is 25.3 Å². The van der Waals surface area contributed by atoms with Gasteiger partial charge in [-0.1, -0.05) is 6.92 Å². The largest absolute Gasteiger partial charge is 0.367 e. The van der Waals surface area contributed by atoms with Crippen LogP contribution >= 0.6 is 11.3 Å². The summed E-state index contributed by atoms with van der Waals surface area (Å²) in [6.45, 7) is 6.31. The van der Waals surface area contributed by atoms with E-state index in [2.05, 4.69) is 41.4 Å². The van der Waals surface area contributed by atoms with Gasteiger partial charge in [0.05, 0.1) is 10.2 Å². The van der Waals surface area contributed by atoms with E-state index in [1.807, 2.05) is 6.07 Å². The maximum atomic E-state index is 4.52. The molecule has 0 spiro atoms. The van der Waals surface area contributed by atoms with Crippen molar-refractivity contribution < 1.29 is 0 Å². The first-order valence-corrected chi connectivity index (χ1v) is 6.09. The van der Waals surface area contributed by atoms with Gasteiger partial charge in [0, 0.05) is 12.5 Å². The molecule has 0 aliphatic heterocycles. The van der Waals surface area contributed by atoms with E-state index < -0.39 is 0 Å². The maximum Gasteiger partial charge on any atom is 0.147 e. The van der Waals surface area contributed by atoms with Crippen LogP contribution < -0.4 is 5.32 Å². The molecule has 2 rings (SSSR count). The second-order valence-electron chi connectivity index (χ2n) is 3.78. The van der Waals surface area contributed by atoms with Crippen molar-refractivity contribution in [2.24, 2.45) is 0 Å². The lowest BCUT2D eigenvalue weighted by molar-refractivity contribution is 0.878. The molecule has 15 heavy (non-hydrogen) atoms. The summed E-state index contributed by atoms with van der Waals surface area (Å²) in [5, 5.41) is 5.43. The van der Waals surface area contributed by atoms with E-state index in [9.17, 15) is 0 Å². The first kappa shape index (κ1) is 10.4. The topological polar surface area (TPSA) is 37.8 Å². The van der Waals surface area contributed by atoms with E-state index in [-0.39, 0.29) is 0 Å². The number of aromatic nitrogens is 2. The Balaban J connectivity index is 2.53. The van der Waals surface area contributed by atoms with Crippen LogP contribution in [0.2, 0.25) is 0 Å². The first-order valence-electron chi connectivity index (χ1n) is 5.21. The first-order chi connectivity index (χ1) is 7.20. The van der Waals surface area contributed by atoms with Gasteiger partial charge in [-0.3, -0.25) is 0 Å². The monoisotopic (exact) mass is 221 g/mol. The molecule has 0 saturated heterocycles. The molecule has 0 aliphatic rings. The molecule has 3 nitrogen and oxygen atoms in total. The van der Waals surface area contributed by atoms with Crippen LogP contribution in [0.3, 0.4) is 0 Å². The Hall–Kier alpha value is -1.16. The molecular formula is C11H15N3S. The van der Waals surface area contributed by atoms with Gasteiger partial charge < -0.3 is 5.32 Å². The molecule has 0 amide bonds. The number of nitrogens with zero attached hydrogens (tertiary/aromatic N) is 2. The standard InChI is InChI=1S/C11H15N3S/c1-4-9-13-8-5-6-15-10(8)11(14-9)12-7(2)3/h5-7H,4H2,1-3H3,(H,12,13,14). The predicted octanol–water partition coefficient (Wildman–Crippen LogP) is 3.07. The van der Waals surface area contributed by atoms with Gasteiger partial charge in [-0.2, -0.15) is 0 Å². The van der Waals surface area contributed by atoms with Gasteiger partial charge in [-0.25, -0.2) is 9.97 Å². The highest BCUT2D eigenvalue weighted by molar-refractivity contribution is 7.17. The van der Waals surface area contributed by atoms with Gasteiger partial charge in [-0.15, -0.1) is 11.3 Å². The Labute approximate surface area is 93.6 Å². The van der Waals surface area contributed by atoms with Crippen LogP contribution in [0.5, 0.6) is 0 Å². The normalized spacial score (nSPS) is 11.2. The van der Waals surface area contributed by atoms with Crippen LogP contribution in [0.4, 0.5) is 5.82 Å². The number of aryl methyl sites for hydroxylation is 1. The SMILES string of the molecule is CCc1nc(NC(C)C)c2sccc2n1. The van der Waals surface area contributed by atoms with E-state index in [1.54, 1.807) is 11.3 Å². The zero-order valence-electron chi connectivity index (χ0n) is 9.24. The highest BCUT2D eigenvalue weighted by Crippen LogP contribution is 2.26. The maximum absolute atomic E-state index is 4.52. The van der Waals surface area contributed by atoms with E-state index in [0.29, 0.717) is 6.04 Å². The molecule has 0 unspecified atom stereocenters. The zero-order valence-corrected chi connectivity index (χ0v) is 10.1. The van der Waals surface area contributed by atoms with Gasteiger partial charge >= 0.3 is 0 Å². The Morgan fingerprint density at radius 2 is 2.20 bits per heavy atom. The molecule has 4 heteroatoms. The van der Waals surface area contributed by atoms with Crippen molar-refractivity contribution in [2.75, 3.05) is 5.32 Å². The summed E-state index contributed by atoms with van der Waals surface area (Å²) >= 11 is 1.69. The second-order valence-corrected chi connectivity index (χ2v) is 4.69. The minimum absolute atomic E-state index is 0.398. The highest BCUT2D eigenvalue weighted by Gasteiger charge is 2.08. The third-order valence-electron chi connectivity index (χ3n) is 2.09. The van der Waals surface area contributed by atoms with Crippen LogP contribution in [0.25, 0.3) is 10.2 Å². The molecule has 0 saturated carbocycles. The van der Waals surface area contributed by atoms with Crippen LogP contribution in [0, 0.1) is 0 Å². The summed E-state index contributed by atoms with van der Waals surface area (Å²) in [5.41, 5.74) is 1.05. The van der Waals surface area contributed by atoms with Crippen LogP contribution in [-0.4, -0.2) is 16.0 Å². The molecule has 2 aromatic heterocycles. The minimum Gasteiger partial charge on any atom is -0.367 e. The van der Waals surface area contributed by atoms with Gasteiger partial charge in [0.15, 0.2) is 0 Å². The van der Waals surface area contributed by atoms with Gasteiger partial charge in [0.25, 0.3) is 0 Å². The summed E-state index contributed by atoms with van der Waals surface area (Å²) < 4.78 is 1.15. The molecule has 80 valence electrons. The van der Waals surface area contributed by atoms with E-state index in [4.69, 9.17) is 0 Å². The van der Waals surface area contributed by atoms with Crippen molar-refractivity contribution in [2.45, 2.75) is 33.2 Å². The Morgan fingerprint density at radius 1 is 1.40 bits per heavy atom. The minimum atomic E-state index is 0.398. The fourth-order valence-corrected chi connectivity index (χ4v) is 2.22. The van der Waals surface area contributed by atoms with Crippen molar-refractivity contribution in [3.8, 4) is 0 Å². The Kier molecular flexibility index (Phi) is 2.86.